The fourth-order valence-electron chi connectivity index (χ4n) is 1.76. The summed E-state index contributed by atoms with van der Waals surface area (Å²) in [7, 11) is 0. The molecule has 0 spiro atoms. The molecule has 0 fully saturated rings. The molecule has 0 aliphatic rings. The summed E-state index contributed by atoms with van der Waals surface area (Å²) in [5, 5.41) is 4.14. The van der Waals surface area contributed by atoms with E-state index >= 15 is 0 Å². The van der Waals surface area contributed by atoms with Gasteiger partial charge in [0.1, 0.15) is 0 Å². The second-order valence-corrected chi connectivity index (χ2v) is 8.85. The predicted molar refractivity (Wildman–Crippen MR) is 88.2 cm³/mol. The molecule has 108 valence electrons. The lowest BCUT2D eigenvalue weighted by molar-refractivity contribution is 0.429. The monoisotopic (exact) mass is 279 g/mol. The number of thioether (sulfide) groups is 1. The van der Waals surface area contributed by atoms with Gasteiger partial charge in [-0.05, 0) is 43.9 Å². The van der Waals surface area contributed by atoms with Gasteiger partial charge >= 0.3 is 0 Å². The summed E-state index contributed by atoms with van der Waals surface area (Å²) < 4.78 is 0. The lowest BCUT2D eigenvalue weighted by Gasteiger charge is -2.23. The van der Waals surface area contributed by atoms with Gasteiger partial charge in [-0.15, -0.1) is 11.8 Å². The van der Waals surface area contributed by atoms with Crippen molar-refractivity contribution in [1.29, 1.82) is 0 Å². The van der Waals surface area contributed by atoms with E-state index in [1.54, 1.807) is 0 Å². The Morgan fingerprint density at radius 3 is 1.95 bits per heavy atom. The molecule has 0 radical (unpaired) electrons. The first kappa shape index (κ1) is 16.6. The van der Waals surface area contributed by atoms with E-state index in [1.807, 2.05) is 11.8 Å². The van der Waals surface area contributed by atoms with Gasteiger partial charge in [0.2, 0.25) is 0 Å². The fourth-order valence-corrected chi connectivity index (χ4v) is 2.68. The zero-order valence-electron chi connectivity index (χ0n) is 13.5. The van der Waals surface area contributed by atoms with E-state index in [2.05, 4.69) is 78.0 Å². The van der Waals surface area contributed by atoms with Gasteiger partial charge in [-0.3, -0.25) is 0 Å². The molecule has 1 atom stereocenters. The molecule has 1 nitrogen and oxygen atoms in total. The van der Waals surface area contributed by atoms with Crippen molar-refractivity contribution in [3.63, 3.8) is 0 Å². The highest BCUT2D eigenvalue weighted by Crippen LogP contribution is 2.27. The van der Waals surface area contributed by atoms with Crippen LogP contribution in [0.1, 0.15) is 54.0 Å². The summed E-state index contributed by atoms with van der Waals surface area (Å²) in [5.74, 6) is 0. The zero-order valence-corrected chi connectivity index (χ0v) is 14.3. The Bertz CT molecular complexity index is 381. The van der Waals surface area contributed by atoms with E-state index in [0.717, 1.165) is 6.54 Å². The Kier molecular flexibility index (Phi) is 5.52. The van der Waals surface area contributed by atoms with Gasteiger partial charge in [-0.1, -0.05) is 39.8 Å². The summed E-state index contributed by atoms with van der Waals surface area (Å²) in [6.45, 7) is 16.7. The van der Waals surface area contributed by atoms with Crippen LogP contribution < -0.4 is 5.32 Å². The second-order valence-electron chi connectivity index (χ2n) is 7.33. The van der Waals surface area contributed by atoms with Crippen LogP contribution in [0.5, 0.6) is 0 Å². The summed E-state index contributed by atoms with van der Waals surface area (Å²) in [6.07, 6.45) is 0. The lowest BCUT2D eigenvalue weighted by Crippen LogP contribution is -2.39. The van der Waals surface area contributed by atoms with Crippen molar-refractivity contribution in [2.24, 2.45) is 0 Å². The number of benzene rings is 1. The normalized spacial score (nSPS) is 14.5. The third-order valence-electron chi connectivity index (χ3n) is 2.98. The second kappa shape index (κ2) is 6.32. The van der Waals surface area contributed by atoms with E-state index < -0.39 is 0 Å². The molecular formula is C17H29NS. The first-order chi connectivity index (χ1) is 8.58. The predicted octanol–water partition coefficient (Wildman–Crippen LogP) is 4.85. The maximum atomic E-state index is 3.56. The van der Waals surface area contributed by atoms with Crippen LogP contribution in [-0.2, 0) is 5.41 Å². The minimum absolute atomic E-state index is 0.199. The quantitative estimate of drug-likeness (QED) is 0.790. The highest BCUT2D eigenvalue weighted by atomic mass is 32.2. The number of hydrogen-bond donors (Lipinski definition) is 1. The SMILES string of the molecule is CC(CNC(C)(C)C)Sc1ccc(C(C)(C)C)cc1. The summed E-state index contributed by atoms with van der Waals surface area (Å²) in [6, 6.07) is 9.01. The molecule has 0 aliphatic heterocycles. The van der Waals surface area contributed by atoms with Crippen LogP contribution in [0, 0.1) is 0 Å². The molecule has 19 heavy (non-hydrogen) atoms. The first-order valence-corrected chi connectivity index (χ1v) is 7.98. The summed E-state index contributed by atoms with van der Waals surface area (Å²) in [5.41, 5.74) is 1.84. The van der Waals surface area contributed by atoms with Crippen LogP contribution in [-0.4, -0.2) is 17.3 Å². The molecule has 2 heteroatoms. The molecule has 1 unspecified atom stereocenters. The average Bonchev–Trinajstić information content (AvgIpc) is 2.25. The third-order valence-corrected chi connectivity index (χ3v) is 4.09. The van der Waals surface area contributed by atoms with Crippen molar-refractivity contribution >= 4 is 11.8 Å². The molecular weight excluding hydrogens is 250 g/mol. The Morgan fingerprint density at radius 1 is 1.00 bits per heavy atom. The van der Waals surface area contributed by atoms with Gasteiger partial charge in [0.05, 0.1) is 0 Å². The van der Waals surface area contributed by atoms with E-state index in [9.17, 15) is 0 Å². The maximum Gasteiger partial charge on any atom is 0.0191 e. The standard InChI is InChI=1S/C17H29NS/c1-13(12-18-17(5,6)7)19-15-10-8-14(9-11-15)16(2,3)4/h8-11,13,18H,12H2,1-7H3. The number of nitrogens with one attached hydrogen (secondary N) is 1. The van der Waals surface area contributed by atoms with Crippen molar-refractivity contribution in [3.8, 4) is 0 Å². The lowest BCUT2D eigenvalue weighted by atomic mass is 9.87. The Morgan fingerprint density at radius 2 is 1.53 bits per heavy atom. The van der Waals surface area contributed by atoms with Crippen molar-refractivity contribution in [2.45, 2.75) is 69.6 Å². The summed E-state index contributed by atoms with van der Waals surface area (Å²) >= 11 is 1.94. The molecule has 0 aromatic heterocycles. The van der Waals surface area contributed by atoms with Crippen LogP contribution in [0.3, 0.4) is 0 Å². The van der Waals surface area contributed by atoms with Gasteiger partial charge in [-0.25, -0.2) is 0 Å². The van der Waals surface area contributed by atoms with E-state index in [0.29, 0.717) is 5.25 Å². The Labute approximate surface area is 123 Å². The highest BCUT2D eigenvalue weighted by Gasteiger charge is 2.14. The number of hydrogen-bond acceptors (Lipinski definition) is 2. The highest BCUT2D eigenvalue weighted by molar-refractivity contribution is 8.00. The van der Waals surface area contributed by atoms with Crippen LogP contribution in [0.15, 0.2) is 29.2 Å². The van der Waals surface area contributed by atoms with Gasteiger partial charge in [-0.2, -0.15) is 0 Å². The van der Waals surface area contributed by atoms with Crippen molar-refractivity contribution in [2.75, 3.05) is 6.54 Å². The topological polar surface area (TPSA) is 12.0 Å². The van der Waals surface area contributed by atoms with Crippen molar-refractivity contribution < 1.29 is 0 Å². The smallest absolute Gasteiger partial charge is 0.0191 e. The zero-order chi connectivity index (χ0) is 14.7. The largest absolute Gasteiger partial charge is 0.311 e. The van der Waals surface area contributed by atoms with Gasteiger partial charge < -0.3 is 5.32 Å². The molecule has 0 saturated carbocycles. The van der Waals surface area contributed by atoms with Crippen LogP contribution >= 0.6 is 11.8 Å². The summed E-state index contributed by atoms with van der Waals surface area (Å²) in [4.78, 5) is 1.36. The van der Waals surface area contributed by atoms with Crippen LogP contribution in [0.4, 0.5) is 0 Å². The fraction of sp³-hybridized carbons (Fsp3) is 0.647. The van der Waals surface area contributed by atoms with Crippen LogP contribution in [0.2, 0.25) is 0 Å². The first-order valence-electron chi connectivity index (χ1n) is 7.10. The molecule has 0 saturated heterocycles. The molecule has 0 aliphatic carbocycles. The molecule has 1 aromatic carbocycles. The minimum atomic E-state index is 0.199. The number of rotatable bonds is 4. The van der Waals surface area contributed by atoms with E-state index in [-0.39, 0.29) is 11.0 Å². The van der Waals surface area contributed by atoms with Crippen molar-refractivity contribution in [1.82, 2.24) is 5.32 Å². The maximum absolute atomic E-state index is 3.56. The van der Waals surface area contributed by atoms with Crippen LogP contribution in [0.25, 0.3) is 0 Å². The molecule has 0 bridgehead atoms. The molecule has 0 heterocycles. The van der Waals surface area contributed by atoms with E-state index in [4.69, 9.17) is 0 Å². The van der Waals surface area contributed by atoms with Gasteiger partial charge in [0, 0.05) is 22.2 Å². The molecule has 1 aromatic rings. The van der Waals surface area contributed by atoms with Crippen molar-refractivity contribution in [3.05, 3.63) is 29.8 Å². The average molecular weight is 279 g/mol. The molecule has 1 N–H and O–H groups in total. The minimum Gasteiger partial charge on any atom is -0.311 e. The Hall–Kier alpha value is -0.470. The Balaban J connectivity index is 2.54. The molecule has 1 rings (SSSR count). The molecule has 0 amide bonds. The third kappa shape index (κ3) is 6.49. The van der Waals surface area contributed by atoms with E-state index in [1.165, 1.54) is 10.5 Å². The van der Waals surface area contributed by atoms with Gasteiger partial charge in [0.25, 0.3) is 0 Å². The van der Waals surface area contributed by atoms with Gasteiger partial charge in [0.15, 0.2) is 0 Å².